The average Bonchev–Trinajstić information content (AvgIpc) is 2.86. The molecule has 2 aromatic rings. The van der Waals surface area contributed by atoms with Crippen molar-refractivity contribution in [1.82, 2.24) is 15.2 Å². The van der Waals surface area contributed by atoms with Gasteiger partial charge in [-0.1, -0.05) is 0 Å². The molecule has 1 aliphatic carbocycles. The number of rotatable bonds is 6. The van der Waals surface area contributed by atoms with Crippen molar-refractivity contribution in [3.8, 4) is 17.0 Å². The summed E-state index contributed by atoms with van der Waals surface area (Å²) in [6.45, 7) is 5.98. The first-order chi connectivity index (χ1) is 19.6. The number of ether oxygens (including phenoxy) is 1. The second-order valence-electron chi connectivity index (χ2n) is 10.6. The molecule has 1 saturated heterocycles. The number of amides is 1. The normalized spacial score (nSPS) is 22.7. The zero-order valence-electron chi connectivity index (χ0n) is 23.0. The van der Waals surface area contributed by atoms with Crippen LogP contribution in [0.1, 0.15) is 52.9 Å². The Morgan fingerprint density at radius 1 is 1.19 bits per heavy atom. The van der Waals surface area contributed by atoms with Crippen molar-refractivity contribution < 1.29 is 51.2 Å². The Balaban J connectivity index is 0.000000498. The first-order valence-electron chi connectivity index (χ1n) is 13.5. The first-order valence-corrected chi connectivity index (χ1v) is 13.5. The van der Waals surface area contributed by atoms with Crippen molar-refractivity contribution in [2.75, 3.05) is 13.1 Å². The minimum absolute atomic E-state index is 0. The molecule has 1 amide bonds. The topological polar surface area (TPSA) is 74.7 Å². The lowest BCUT2D eigenvalue weighted by molar-refractivity contribution is -0.274. The molecule has 236 valence electrons. The Morgan fingerprint density at radius 2 is 1.86 bits per heavy atom. The fraction of sp³-hybridized carbons (Fsp3) is 0.571. The van der Waals surface area contributed by atoms with Crippen molar-refractivity contribution in [2.45, 2.75) is 89.0 Å². The maximum Gasteiger partial charge on any atom is 0.573 e. The summed E-state index contributed by atoms with van der Waals surface area (Å²) in [5.74, 6) is -7.68. The molecular weight excluding hydrogens is 578 g/mol. The lowest BCUT2D eigenvalue weighted by Gasteiger charge is -2.35. The molecule has 1 aliphatic heterocycles. The fourth-order valence-corrected chi connectivity index (χ4v) is 4.92. The third-order valence-corrected chi connectivity index (χ3v) is 6.98. The molecule has 2 heterocycles. The Bertz CT molecular complexity index is 1200. The van der Waals surface area contributed by atoms with E-state index in [-0.39, 0.29) is 14.3 Å². The molecule has 1 saturated carbocycles. The maximum atomic E-state index is 14.1. The van der Waals surface area contributed by atoms with Gasteiger partial charge < -0.3 is 15.2 Å². The van der Waals surface area contributed by atoms with E-state index in [1.165, 1.54) is 0 Å². The summed E-state index contributed by atoms with van der Waals surface area (Å²) < 4.78 is 111. The molecule has 2 N–H and O–H groups in total. The van der Waals surface area contributed by atoms with Gasteiger partial charge in [0.25, 0.3) is 5.92 Å². The van der Waals surface area contributed by atoms with Gasteiger partial charge in [-0.2, -0.15) is 0 Å². The van der Waals surface area contributed by atoms with Crippen molar-refractivity contribution >= 4 is 5.91 Å². The molecule has 4 rings (SSSR count). The van der Waals surface area contributed by atoms with E-state index in [9.17, 15) is 45.0 Å². The third-order valence-electron chi connectivity index (χ3n) is 6.98. The highest BCUT2D eigenvalue weighted by atomic mass is 19.4. The summed E-state index contributed by atoms with van der Waals surface area (Å²) in [6, 6.07) is 1.53. The van der Waals surface area contributed by atoms with E-state index in [0.717, 1.165) is 43.8 Å². The monoisotopic (exact) mass is 613 g/mol. The Labute approximate surface area is 239 Å². The zero-order chi connectivity index (χ0) is 31.2. The predicted molar refractivity (Wildman–Crippen MR) is 140 cm³/mol. The quantitative estimate of drug-likeness (QED) is 0.380. The van der Waals surface area contributed by atoms with Gasteiger partial charge in [0.05, 0.1) is 12.5 Å². The molecule has 42 heavy (non-hydrogen) atoms. The highest BCUT2D eigenvalue weighted by Crippen LogP contribution is 2.37. The molecule has 6 nitrogen and oxygen atoms in total. The summed E-state index contributed by atoms with van der Waals surface area (Å²) in [5.41, 5.74) is -1.41. The highest BCUT2D eigenvalue weighted by Gasteiger charge is 2.47. The zero-order valence-corrected chi connectivity index (χ0v) is 23.0. The number of halogens is 8. The van der Waals surface area contributed by atoms with E-state index in [4.69, 9.17) is 0 Å². The van der Waals surface area contributed by atoms with E-state index in [1.54, 1.807) is 0 Å². The summed E-state index contributed by atoms with van der Waals surface area (Å²) in [6.07, 6.45) is -5.93. The van der Waals surface area contributed by atoms with Gasteiger partial charge in [-0.15, -0.1) is 13.2 Å². The van der Waals surface area contributed by atoms with Gasteiger partial charge in [0.15, 0.2) is 5.75 Å². The van der Waals surface area contributed by atoms with E-state index < -0.39 is 83.6 Å². The van der Waals surface area contributed by atoms with E-state index >= 15 is 0 Å². The number of nitrogens with one attached hydrogen (secondary N) is 1. The van der Waals surface area contributed by atoms with Crippen LogP contribution in [-0.4, -0.2) is 70.6 Å². The Morgan fingerprint density at radius 3 is 2.40 bits per heavy atom. The van der Waals surface area contributed by atoms with E-state index in [1.807, 2.05) is 5.32 Å². The second-order valence-corrected chi connectivity index (χ2v) is 10.6. The maximum absolute atomic E-state index is 14.1. The van der Waals surface area contributed by atoms with Crippen LogP contribution in [0.25, 0.3) is 11.3 Å². The summed E-state index contributed by atoms with van der Waals surface area (Å²) in [5, 5.41) is 11.8. The molecule has 14 heteroatoms. The average molecular weight is 614 g/mol. The number of aromatic nitrogens is 1. The number of pyridine rings is 1. The number of hydrogen-bond donors (Lipinski definition) is 2. The number of aliphatic hydroxyl groups is 1. The third kappa shape index (κ3) is 9.51. The summed E-state index contributed by atoms with van der Waals surface area (Å²) in [4.78, 5) is 18.2. The van der Waals surface area contributed by atoms with Crippen LogP contribution in [0.15, 0.2) is 30.5 Å². The number of likely N-dealkylation sites (tertiary alicyclic amines) is 1. The number of piperidine rings is 1. The number of hydrogen-bond acceptors (Lipinski definition) is 5. The predicted octanol–water partition coefficient (Wildman–Crippen LogP) is 6.21. The molecule has 0 radical (unpaired) electrons. The summed E-state index contributed by atoms with van der Waals surface area (Å²) >= 11 is 0. The largest absolute Gasteiger partial charge is 0.573 e. The molecule has 2 fully saturated rings. The minimum atomic E-state index is -5.25. The number of carbonyl (C=O) groups is 1. The van der Waals surface area contributed by atoms with Gasteiger partial charge >= 0.3 is 6.36 Å². The number of nitrogens with zero attached hydrogens (tertiary/aromatic N) is 2. The van der Waals surface area contributed by atoms with Crippen LogP contribution in [0.4, 0.5) is 35.1 Å². The lowest BCUT2D eigenvalue weighted by atomic mass is 9.88. The van der Waals surface area contributed by atoms with Crippen LogP contribution < -0.4 is 10.1 Å². The Hall–Kier alpha value is -3.00. The first kappa shape index (κ1) is 33.5. The lowest BCUT2D eigenvalue weighted by Crippen LogP contribution is -2.57. The molecule has 3 atom stereocenters. The van der Waals surface area contributed by atoms with Crippen LogP contribution in [0, 0.1) is 11.6 Å². The van der Waals surface area contributed by atoms with Gasteiger partial charge in [0.1, 0.15) is 29.5 Å². The van der Waals surface area contributed by atoms with Gasteiger partial charge in [-0.05, 0) is 64.3 Å². The van der Waals surface area contributed by atoms with E-state index in [2.05, 4.69) is 28.5 Å². The van der Waals surface area contributed by atoms with Gasteiger partial charge in [0.2, 0.25) is 5.91 Å². The van der Waals surface area contributed by atoms with Crippen LogP contribution in [-0.2, 0) is 11.2 Å². The molecule has 0 spiro atoms. The van der Waals surface area contributed by atoms with Crippen LogP contribution >= 0.6 is 0 Å². The van der Waals surface area contributed by atoms with Gasteiger partial charge in [0, 0.05) is 43.8 Å². The minimum Gasteiger partial charge on any atom is -0.403 e. The standard InChI is InChI=1S/C20H17F7N2O3.C8H16FN.H2/c21-12-6-11(7-13(22)9-12)16-17(32-20(25,26)27)10(3-5-28-16)8-15(31)29-18-14(30)2-1-4-19(18,23)24;1-7(2)10-5-3-4-8(9)6-10;/h3,5-7,9,14,18,30H,1-2,4,8H2,(H,29,31);7-8H,3-6H2,1-2H3;1H/t14-,18+;8-;/m00./s1. The fourth-order valence-electron chi connectivity index (χ4n) is 4.92. The van der Waals surface area contributed by atoms with Gasteiger partial charge in [-0.25, -0.2) is 22.0 Å². The molecule has 0 bridgehead atoms. The molecular formula is C28H35F8N3O3. The van der Waals surface area contributed by atoms with Crippen molar-refractivity contribution in [2.24, 2.45) is 0 Å². The second kappa shape index (κ2) is 14.0. The van der Waals surface area contributed by atoms with Crippen LogP contribution in [0.3, 0.4) is 0 Å². The van der Waals surface area contributed by atoms with Crippen LogP contribution in [0.5, 0.6) is 5.75 Å². The Kier molecular flexibility index (Phi) is 11.2. The molecule has 1 aromatic carbocycles. The molecule has 2 aliphatic rings. The highest BCUT2D eigenvalue weighted by molar-refractivity contribution is 5.81. The SMILES string of the molecule is CC(C)N1CCC[C@H](F)C1.O=C(Cc1ccnc(-c2cc(F)cc(F)c2)c1OC(F)(F)F)N[C@@H]1[C@@H](O)CCCC1(F)F.[HH]. The van der Waals surface area contributed by atoms with Crippen molar-refractivity contribution in [3.63, 3.8) is 0 Å². The number of benzene rings is 1. The number of carbonyl (C=O) groups excluding carboxylic acids is 1. The van der Waals surface area contributed by atoms with E-state index in [0.29, 0.717) is 18.7 Å². The summed E-state index contributed by atoms with van der Waals surface area (Å²) in [7, 11) is 0. The smallest absolute Gasteiger partial charge is 0.403 e. The van der Waals surface area contributed by atoms with Crippen molar-refractivity contribution in [3.05, 3.63) is 47.7 Å². The van der Waals surface area contributed by atoms with Crippen molar-refractivity contribution in [1.29, 1.82) is 0 Å². The number of aliphatic hydroxyl groups excluding tert-OH is 1. The van der Waals surface area contributed by atoms with Gasteiger partial charge in [-0.3, -0.25) is 14.7 Å². The van der Waals surface area contributed by atoms with Crippen LogP contribution in [0.2, 0.25) is 0 Å². The number of alkyl halides is 6. The molecule has 0 unspecified atom stereocenters. The molecule has 1 aromatic heterocycles.